The van der Waals surface area contributed by atoms with Crippen LogP contribution in [0.1, 0.15) is 19.3 Å². The molecule has 0 radical (unpaired) electrons. The third-order valence-electron chi connectivity index (χ3n) is 3.58. The Bertz CT molecular complexity index is 238. The molecule has 4 atom stereocenters. The van der Waals surface area contributed by atoms with Gasteiger partial charge in [-0.25, -0.2) is 0 Å². The second-order valence-corrected chi connectivity index (χ2v) is 4.20. The van der Waals surface area contributed by atoms with Crippen LogP contribution >= 0.6 is 0 Å². The largest absolute Gasteiger partial charge is 0.289 e. The third-order valence-corrected chi connectivity index (χ3v) is 3.58. The van der Waals surface area contributed by atoms with E-state index in [0.717, 1.165) is 12.5 Å². The first-order chi connectivity index (χ1) is 6.35. The Morgan fingerprint density at radius 2 is 2.23 bits per heavy atom. The molecule has 0 aromatic rings. The first-order valence-corrected chi connectivity index (χ1v) is 5.18. The zero-order chi connectivity index (χ0) is 9.26. The molecule has 1 nitrogen and oxygen atoms in total. The fraction of sp³-hybridized carbons (Fsp3) is 0.667. The van der Waals surface area contributed by atoms with Crippen molar-refractivity contribution < 1.29 is 0 Å². The summed E-state index contributed by atoms with van der Waals surface area (Å²) < 4.78 is 0. The maximum Gasteiger partial charge on any atom is 0.0712 e. The molecule has 0 N–H and O–H groups in total. The molecule has 13 heavy (non-hydrogen) atoms. The van der Waals surface area contributed by atoms with Crippen molar-refractivity contribution in [3.63, 3.8) is 0 Å². The molecule has 0 aliphatic carbocycles. The molecule has 0 amide bonds. The predicted octanol–water partition coefficient (Wildman–Crippen LogP) is 1.91. The monoisotopic (exact) mass is 175 g/mol. The van der Waals surface area contributed by atoms with Gasteiger partial charge in [-0.2, -0.15) is 0 Å². The lowest BCUT2D eigenvalue weighted by atomic mass is 9.85. The van der Waals surface area contributed by atoms with Crippen molar-refractivity contribution in [2.45, 2.75) is 25.3 Å². The van der Waals surface area contributed by atoms with Crippen molar-refractivity contribution in [2.75, 3.05) is 13.1 Å². The fourth-order valence-corrected chi connectivity index (χ4v) is 2.71. The fourth-order valence-electron chi connectivity index (χ4n) is 2.71. The number of hydrogen-bond donors (Lipinski definition) is 0. The SMILES string of the molecule is C#C[C@@H]1CC[C@@H]2CCN1C[C@@H]2C=C. The summed E-state index contributed by atoms with van der Waals surface area (Å²) in [6.07, 6.45) is 11.4. The molecule has 1 heteroatoms. The highest BCUT2D eigenvalue weighted by atomic mass is 15.2. The number of hydrogen-bond acceptors (Lipinski definition) is 1. The van der Waals surface area contributed by atoms with Crippen LogP contribution in [0.5, 0.6) is 0 Å². The van der Waals surface area contributed by atoms with Crippen LogP contribution in [-0.2, 0) is 0 Å². The Hall–Kier alpha value is -0.740. The van der Waals surface area contributed by atoms with Gasteiger partial charge in [0, 0.05) is 6.54 Å². The zero-order valence-corrected chi connectivity index (χ0v) is 8.08. The maximum absolute atomic E-state index is 5.53. The molecule has 3 rings (SSSR count). The molecule has 0 saturated carbocycles. The summed E-state index contributed by atoms with van der Waals surface area (Å²) in [5, 5.41) is 0. The van der Waals surface area contributed by atoms with Gasteiger partial charge in [-0.1, -0.05) is 12.0 Å². The number of nitrogens with zero attached hydrogens (tertiary/aromatic N) is 1. The van der Waals surface area contributed by atoms with Gasteiger partial charge in [-0.15, -0.1) is 13.0 Å². The second-order valence-electron chi connectivity index (χ2n) is 4.20. The molecule has 3 aliphatic rings. The van der Waals surface area contributed by atoms with E-state index in [-0.39, 0.29) is 0 Å². The summed E-state index contributed by atoms with van der Waals surface area (Å²) in [7, 11) is 0. The number of fused-ring (bicyclic) bond motifs is 4. The summed E-state index contributed by atoms with van der Waals surface area (Å²) in [5.41, 5.74) is 0. The van der Waals surface area contributed by atoms with Gasteiger partial charge in [0.25, 0.3) is 0 Å². The van der Waals surface area contributed by atoms with Crippen molar-refractivity contribution in [1.82, 2.24) is 4.90 Å². The maximum atomic E-state index is 5.53. The molecule has 2 bridgehead atoms. The summed E-state index contributed by atoms with van der Waals surface area (Å²) in [4.78, 5) is 2.45. The molecule has 3 heterocycles. The lowest BCUT2D eigenvalue weighted by Gasteiger charge is -2.34. The minimum atomic E-state index is 0.398. The molecular weight excluding hydrogens is 158 g/mol. The zero-order valence-electron chi connectivity index (χ0n) is 8.08. The highest BCUT2D eigenvalue weighted by Crippen LogP contribution is 2.34. The number of terminal acetylenes is 1. The molecule has 3 aliphatic heterocycles. The molecule has 0 aromatic carbocycles. The van der Waals surface area contributed by atoms with Crippen LogP contribution in [0.2, 0.25) is 0 Å². The average molecular weight is 175 g/mol. The molecular formula is C12H17N. The normalized spacial score (nSPS) is 43.6. The van der Waals surface area contributed by atoms with Crippen LogP contribution in [0.3, 0.4) is 0 Å². The third kappa shape index (κ3) is 1.51. The minimum Gasteiger partial charge on any atom is -0.289 e. The van der Waals surface area contributed by atoms with E-state index in [1.165, 1.54) is 25.8 Å². The van der Waals surface area contributed by atoms with Crippen molar-refractivity contribution in [2.24, 2.45) is 11.8 Å². The Balaban J connectivity index is 2.16. The Morgan fingerprint density at radius 1 is 1.38 bits per heavy atom. The van der Waals surface area contributed by atoms with E-state index >= 15 is 0 Å². The van der Waals surface area contributed by atoms with Crippen molar-refractivity contribution in [1.29, 1.82) is 0 Å². The van der Waals surface area contributed by atoms with E-state index in [2.05, 4.69) is 23.5 Å². The molecule has 0 spiro atoms. The van der Waals surface area contributed by atoms with Crippen molar-refractivity contribution in [3.05, 3.63) is 12.7 Å². The second kappa shape index (κ2) is 3.55. The molecule has 1 unspecified atom stereocenters. The van der Waals surface area contributed by atoms with E-state index in [1.807, 2.05) is 0 Å². The standard InChI is InChI=1S/C12H17N/c1-3-10-9-13-8-7-11(10)5-6-12(13)4-2/h2-3,10-12H,1,5-9H2/t10-,11+,12+/m0/s1. The average Bonchev–Trinajstić information content (AvgIpc) is 2.47. The lowest BCUT2D eigenvalue weighted by Crippen LogP contribution is -2.41. The van der Waals surface area contributed by atoms with Crippen LogP contribution in [0.15, 0.2) is 12.7 Å². The van der Waals surface area contributed by atoms with E-state index in [9.17, 15) is 0 Å². The Morgan fingerprint density at radius 3 is 2.92 bits per heavy atom. The van der Waals surface area contributed by atoms with Gasteiger partial charge in [0.05, 0.1) is 6.04 Å². The van der Waals surface area contributed by atoms with Crippen LogP contribution in [0, 0.1) is 24.2 Å². The number of rotatable bonds is 1. The van der Waals surface area contributed by atoms with Gasteiger partial charge in [0.1, 0.15) is 0 Å². The highest BCUT2D eigenvalue weighted by molar-refractivity contribution is 5.06. The van der Waals surface area contributed by atoms with Crippen LogP contribution in [0.25, 0.3) is 0 Å². The van der Waals surface area contributed by atoms with Gasteiger partial charge in [0.2, 0.25) is 0 Å². The van der Waals surface area contributed by atoms with E-state index in [4.69, 9.17) is 6.42 Å². The van der Waals surface area contributed by atoms with E-state index in [0.29, 0.717) is 12.0 Å². The topological polar surface area (TPSA) is 3.24 Å². The van der Waals surface area contributed by atoms with Gasteiger partial charge in [-0.05, 0) is 37.6 Å². The predicted molar refractivity (Wildman–Crippen MR) is 55.2 cm³/mol. The number of piperidine rings is 1. The molecule has 3 fully saturated rings. The summed E-state index contributed by atoms with van der Waals surface area (Å²) >= 11 is 0. The van der Waals surface area contributed by atoms with Crippen LogP contribution < -0.4 is 0 Å². The molecule has 70 valence electrons. The first kappa shape index (κ1) is 8.84. The van der Waals surface area contributed by atoms with Crippen molar-refractivity contribution >= 4 is 0 Å². The quantitative estimate of drug-likeness (QED) is 0.434. The van der Waals surface area contributed by atoms with Gasteiger partial charge in [-0.3, -0.25) is 4.90 Å². The van der Waals surface area contributed by atoms with E-state index < -0.39 is 0 Å². The lowest BCUT2D eigenvalue weighted by molar-refractivity contribution is 0.161. The molecule has 3 saturated heterocycles. The summed E-state index contributed by atoms with van der Waals surface area (Å²) in [5.74, 6) is 4.45. The summed E-state index contributed by atoms with van der Waals surface area (Å²) in [6, 6.07) is 0.398. The smallest absolute Gasteiger partial charge is 0.0712 e. The Kier molecular flexibility index (Phi) is 2.42. The van der Waals surface area contributed by atoms with Crippen molar-refractivity contribution in [3.8, 4) is 12.3 Å². The highest BCUT2D eigenvalue weighted by Gasteiger charge is 2.34. The van der Waals surface area contributed by atoms with Gasteiger partial charge in [0.15, 0.2) is 0 Å². The van der Waals surface area contributed by atoms with Crippen LogP contribution in [0.4, 0.5) is 0 Å². The van der Waals surface area contributed by atoms with E-state index in [1.54, 1.807) is 0 Å². The minimum absolute atomic E-state index is 0.398. The van der Waals surface area contributed by atoms with Gasteiger partial charge < -0.3 is 0 Å². The Labute approximate surface area is 80.8 Å². The molecule has 0 aromatic heterocycles. The summed E-state index contributed by atoms with van der Waals surface area (Å²) in [6.45, 7) is 6.26. The van der Waals surface area contributed by atoms with Crippen LogP contribution in [-0.4, -0.2) is 24.0 Å². The first-order valence-electron chi connectivity index (χ1n) is 5.18. The van der Waals surface area contributed by atoms with Gasteiger partial charge >= 0.3 is 0 Å².